The van der Waals surface area contributed by atoms with Crippen LogP contribution in [-0.2, 0) is 10.8 Å². The number of aryl methyl sites for hydroxylation is 1. The van der Waals surface area contributed by atoms with Gasteiger partial charge in [0, 0.05) is 0 Å². The third-order valence-electron chi connectivity index (χ3n) is 2.77. The molecule has 94 valence electrons. The van der Waals surface area contributed by atoms with Gasteiger partial charge in [0.2, 0.25) is 0 Å². The average Bonchev–Trinajstić information content (AvgIpc) is 2.29. The zero-order valence-electron chi connectivity index (χ0n) is 10.8. The molecule has 0 aliphatic rings. The second kappa shape index (κ2) is 6.62. The van der Waals surface area contributed by atoms with Crippen LogP contribution in [0.5, 0.6) is 5.75 Å². The molecule has 0 spiro atoms. The number of benzene rings is 1. The predicted octanol–water partition coefficient (Wildman–Crippen LogP) is 3.73. The SMILES string of the molecule is C=CCO[Si](C)(C)CCCc1ccc(O)cc1. The van der Waals surface area contributed by atoms with Crippen molar-refractivity contribution in [3.05, 3.63) is 42.5 Å². The van der Waals surface area contributed by atoms with Gasteiger partial charge in [-0.1, -0.05) is 18.2 Å². The van der Waals surface area contributed by atoms with Gasteiger partial charge in [0.1, 0.15) is 5.75 Å². The van der Waals surface area contributed by atoms with E-state index in [9.17, 15) is 5.11 Å². The minimum absolute atomic E-state index is 0.331. The molecule has 0 fully saturated rings. The van der Waals surface area contributed by atoms with Gasteiger partial charge in [-0.05, 0) is 49.7 Å². The highest BCUT2D eigenvalue weighted by atomic mass is 28.4. The van der Waals surface area contributed by atoms with Crippen LogP contribution in [-0.4, -0.2) is 20.0 Å². The fraction of sp³-hybridized carbons (Fsp3) is 0.429. The highest BCUT2D eigenvalue weighted by molar-refractivity contribution is 6.71. The van der Waals surface area contributed by atoms with E-state index in [2.05, 4.69) is 19.7 Å². The van der Waals surface area contributed by atoms with Gasteiger partial charge in [-0.25, -0.2) is 0 Å². The van der Waals surface area contributed by atoms with Crippen molar-refractivity contribution in [2.24, 2.45) is 0 Å². The molecular weight excluding hydrogens is 228 g/mol. The molecule has 2 nitrogen and oxygen atoms in total. The summed E-state index contributed by atoms with van der Waals surface area (Å²) in [5.41, 5.74) is 1.27. The highest BCUT2D eigenvalue weighted by Crippen LogP contribution is 2.17. The van der Waals surface area contributed by atoms with E-state index in [4.69, 9.17) is 4.43 Å². The lowest BCUT2D eigenvalue weighted by Gasteiger charge is -2.21. The van der Waals surface area contributed by atoms with E-state index >= 15 is 0 Å². The summed E-state index contributed by atoms with van der Waals surface area (Å²) >= 11 is 0. The number of rotatable bonds is 7. The minimum atomic E-state index is -1.51. The standard InChI is InChI=1S/C14H22O2Si/c1-4-11-16-17(2,3)12-5-6-13-7-9-14(15)10-8-13/h4,7-10,15H,1,5-6,11-12H2,2-3H3. The molecule has 0 aliphatic carbocycles. The molecule has 0 radical (unpaired) electrons. The smallest absolute Gasteiger partial charge is 0.187 e. The number of aromatic hydroxyl groups is 1. The lowest BCUT2D eigenvalue weighted by atomic mass is 10.1. The summed E-state index contributed by atoms with van der Waals surface area (Å²) in [6, 6.07) is 8.60. The Morgan fingerprint density at radius 3 is 2.53 bits per heavy atom. The lowest BCUT2D eigenvalue weighted by Crippen LogP contribution is -2.30. The van der Waals surface area contributed by atoms with Crippen molar-refractivity contribution in [1.82, 2.24) is 0 Å². The average molecular weight is 250 g/mol. The van der Waals surface area contributed by atoms with Crippen molar-refractivity contribution in [1.29, 1.82) is 0 Å². The molecule has 0 bridgehead atoms. The summed E-state index contributed by atoms with van der Waals surface area (Å²) in [6.07, 6.45) is 4.00. The summed E-state index contributed by atoms with van der Waals surface area (Å²) in [7, 11) is -1.51. The predicted molar refractivity (Wildman–Crippen MR) is 74.9 cm³/mol. The van der Waals surface area contributed by atoms with Gasteiger partial charge in [0.25, 0.3) is 0 Å². The van der Waals surface area contributed by atoms with Gasteiger partial charge in [-0.3, -0.25) is 0 Å². The first-order valence-corrected chi connectivity index (χ1v) is 9.18. The Bertz CT molecular complexity index is 344. The molecule has 1 aromatic rings. The van der Waals surface area contributed by atoms with E-state index in [1.54, 1.807) is 12.1 Å². The van der Waals surface area contributed by atoms with Gasteiger partial charge in [-0.15, -0.1) is 6.58 Å². The van der Waals surface area contributed by atoms with Gasteiger partial charge in [0.05, 0.1) is 6.61 Å². The van der Waals surface area contributed by atoms with Crippen LogP contribution in [0.2, 0.25) is 19.1 Å². The molecule has 1 N–H and O–H groups in total. The number of hydrogen-bond donors (Lipinski definition) is 1. The van der Waals surface area contributed by atoms with E-state index in [1.807, 2.05) is 18.2 Å². The molecule has 0 saturated carbocycles. The Hall–Kier alpha value is -1.06. The maximum Gasteiger partial charge on any atom is 0.187 e. The molecule has 0 atom stereocenters. The Balaban J connectivity index is 2.31. The Labute approximate surface area is 105 Å². The van der Waals surface area contributed by atoms with Crippen molar-refractivity contribution in [2.75, 3.05) is 6.61 Å². The van der Waals surface area contributed by atoms with Crippen molar-refractivity contribution in [3.63, 3.8) is 0 Å². The summed E-state index contributed by atoms with van der Waals surface area (Å²) < 4.78 is 5.82. The summed E-state index contributed by atoms with van der Waals surface area (Å²) in [6.45, 7) is 8.83. The molecular formula is C14H22O2Si. The van der Waals surface area contributed by atoms with Gasteiger partial charge in [-0.2, -0.15) is 0 Å². The summed E-state index contributed by atoms with van der Waals surface area (Å²) in [5.74, 6) is 0.331. The molecule has 0 heterocycles. The molecule has 0 saturated heterocycles. The van der Waals surface area contributed by atoms with Crippen LogP contribution >= 0.6 is 0 Å². The normalized spacial score (nSPS) is 11.4. The van der Waals surface area contributed by atoms with Crippen LogP contribution < -0.4 is 0 Å². The first kappa shape index (κ1) is 14.0. The maximum atomic E-state index is 9.19. The largest absolute Gasteiger partial charge is 0.508 e. The fourth-order valence-corrected chi connectivity index (χ4v) is 3.48. The van der Waals surface area contributed by atoms with Crippen LogP contribution in [0, 0.1) is 0 Å². The molecule has 0 aromatic heterocycles. The van der Waals surface area contributed by atoms with Gasteiger partial charge < -0.3 is 9.53 Å². The number of phenols is 1. The Morgan fingerprint density at radius 2 is 1.94 bits per heavy atom. The topological polar surface area (TPSA) is 29.5 Å². The number of hydrogen-bond acceptors (Lipinski definition) is 2. The van der Waals surface area contributed by atoms with Crippen molar-refractivity contribution < 1.29 is 9.53 Å². The van der Waals surface area contributed by atoms with Crippen LogP contribution in [0.15, 0.2) is 36.9 Å². The van der Waals surface area contributed by atoms with Crippen LogP contribution in [0.25, 0.3) is 0 Å². The highest BCUT2D eigenvalue weighted by Gasteiger charge is 2.20. The number of phenolic OH excluding ortho intramolecular Hbond substituents is 1. The van der Waals surface area contributed by atoms with Crippen molar-refractivity contribution in [2.45, 2.75) is 32.0 Å². The van der Waals surface area contributed by atoms with E-state index in [0.29, 0.717) is 12.4 Å². The van der Waals surface area contributed by atoms with Crippen molar-refractivity contribution >= 4 is 8.32 Å². The molecule has 0 unspecified atom stereocenters. The monoisotopic (exact) mass is 250 g/mol. The zero-order chi connectivity index (χ0) is 12.7. The third-order valence-corrected chi connectivity index (χ3v) is 5.28. The van der Waals surface area contributed by atoms with Gasteiger partial charge >= 0.3 is 0 Å². The zero-order valence-corrected chi connectivity index (χ0v) is 11.8. The van der Waals surface area contributed by atoms with Crippen molar-refractivity contribution in [3.8, 4) is 5.75 Å². The molecule has 0 aliphatic heterocycles. The van der Waals surface area contributed by atoms with Crippen LogP contribution in [0.3, 0.4) is 0 Å². The summed E-state index contributed by atoms with van der Waals surface area (Å²) in [5, 5.41) is 9.19. The second-order valence-corrected chi connectivity index (χ2v) is 9.19. The molecule has 0 amide bonds. The fourth-order valence-electron chi connectivity index (χ4n) is 1.74. The first-order chi connectivity index (χ1) is 8.03. The maximum absolute atomic E-state index is 9.19. The third kappa shape index (κ3) is 5.70. The lowest BCUT2D eigenvalue weighted by molar-refractivity contribution is 0.351. The van der Waals surface area contributed by atoms with Gasteiger partial charge in [0.15, 0.2) is 8.32 Å². The molecule has 17 heavy (non-hydrogen) atoms. The van der Waals surface area contributed by atoms with E-state index < -0.39 is 8.32 Å². The molecule has 1 aromatic carbocycles. The van der Waals surface area contributed by atoms with E-state index in [1.165, 1.54) is 5.56 Å². The Kier molecular flexibility index (Phi) is 5.45. The first-order valence-electron chi connectivity index (χ1n) is 6.06. The van der Waals surface area contributed by atoms with E-state index in [0.717, 1.165) is 18.9 Å². The minimum Gasteiger partial charge on any atom is -0.508 e. The second-order valence-electron chi connectivity index (χ2n) is 4.88. The van der Waals surface area contributed by atoms with Crippen LogP contribution in [0.1, 0.15) is 12.0 Å². The summed E-state index contributed by atoms with van der Waals surface area (Å²) in [4.78, 5) is 0. The Morgan fingerprint density at radius 1 is 1.29 bits per heavy atom. The van der Waals surface area contributed by atoms with Crippen LogP contribution in [0.4, 0.5) is 0 Å². The quantitative estimate of drug-likeness (QED) is 0.590. The molecule has 3 heteroatoms. The van der Waals surface area contributed by atoms with E-state index in [-0.39, 0.29) is 0 Å². The molecule has 1 rings (SSSR count).